The lowest BCUT2D eigenvalue weighted by atomic mass is 9.91. The number of hydrogen-bond donors (Lipinski definition) is 3. The summed E-state index contributed by atoms with van der Waals surface area (Å²) < 4.78 is 153. The summed E-state index contributed by atoms with van der Waals surface area (Å²) in [6, 6.07) is 31.1. The third kappa shape index (κ3) is 6.89. The quantitative estimate of drug-likeness (QED) is 0.0539. The Kier molecular flexibility index (Phi) is 10.4. The van der Waals surface area contributed by atoms with Crippen molar-refractivity contribution in [2.45, 2.75) is 0 Å². The van der Waals surface area contributed by atoms with Gasteiger partial charge in [-0.3, -0.25) is 9.59 Å². The van der Waals surface area contributed by atoms with E-state index >= 15 is 35.1 Å². The van der Waals surface area contributed by atoms with Gasteiger partial charge in [-0.15, -0.1) is 0 Å². The molecule has 12 rings (SSSR count). The van der Waals surface area contributed by atoms with Gasteiger partial charge in [-0.05, 0) is 102 Å². The van der Waals surface area contributed by atoms with Crippen molar-refractivity contribution in [3.8, 4) is 45.2 Å². The van der Waals surface area contributed by atoms with Crippen LogP contribution in [0.5, 0.6) is 0 Å². The molecule has 0 saturated heterocycles. The lowest BCUT2D eigenvalue weighted by Crippen LogP contribution is -2.40. The van der Waals surface area contributed by atoms with Gasteiger partial charge >= 0.3 is 0 Å². The van der Waals surface area contributed by atoms with E-state index < -0.39 is 92.2 Å². The van der Waals surface area contributed by atoms with Crippen LogP contribution in [0.3, 0.4) is 0 Å². The van der Waals surface area contributed by atoms with Crippen LogP contribution in [0.2, 0.25) is 0 Å². The van der Waals surface area contributed by atoms with Crippen molar-refractivity contribution in [3.05, 3.63) is 213 Å². The molecule has 0 radical (unpaired) electrons. The molecular weight excluding hydrogens is 977 g/mol. The summed E-state index contributed by atoms with van der Waals surface area (Å²) in [6.45, 7) is 0. The van der Waals surface area contributed by atoms with Crippen LogP contribution in [0.15, 0.2) is 121 Å². The maximum absolute atomic E-state index is 15.9. The SMILES string of the molecule is O=C1c2cccc3c(C#Cc4ccccc4)ccc(c23)C(=O)N1c1cccc(-c2c3nc(c(-c4c(F)c(F)c(F)c(F)c4F)c4ccc([nH]4)c4ccc([nH]4)c(-c4c(F)c(F)c(F)c(F)c4F)c4ccc2[nH]4)C=C3)c1. The Bertz CT molecular complexity index is 4310. The zero-order valence-electron chi connectivity index (χ0n) is 37.2. The molecule has 2 amide bonds. The number of amides is 2. The summed E-state index contributed by atoms with van der Waals surface area (Å²) >= 11 is 0. The van der Waals surface area contributed by atoms with Crippen molar-refractivity contribution in [2.24, 2.45) is 0 Å². The smallest absolute Gasteiger partial charge is 0.265 e. The number of benzene rings is 6. The fraction of sp³-hybridized carbons (Fsp3) is 0. The van der Waals surface area contributed by atoms with Gasteiger partial charge < -0.3 is 15.0 Å². The van der Waals surface area contributed by atoms with E-state index in [0.717, 1.165) is 10.5 Å². The Morgan fingerprint density at radius 2 is 0.878 bits per heavy atom. The van der Waals surface area contributed by atoms with E-state index in [1.165, 1.54) is 72.8 Å². The number of hydrogen-bond acceptors (Lipinski definition) is 3. The van der Waals surface area contributed by atoms with Gasteiger partial charge in [0, 0.05) is 66.4 Å². The molecule has 0 atom stereocenters. The number of halogens is 10. The third-order valence-corrected chi connectivity index (χ3v) is 12.9. The van der Waals surface area contributed by atoms with Crippen LogP contribution in [0.1, 0.15) is 43.2 Å². The highest BCUT2D eigenvalue weighted by molar-refractivity contribution is 6.36. The van der Waals surface area contributed by atoms with Crippen molar-refractivity contribution in [2.75, 3.05) is 4.90 Å². The molecule has 0 spiro atoms. The highest BCUT2D eigenvalue weighted by Gasteiger charge is 2.36. The second-order valence-electron chi connectivity index (χ2n) is 17.1. The molecule has 2 aliphatic rings. The number of H-pyrrole nitrogens is 3. The van der Waals surface area contributed by atoms with E-state index in [0.29, 0.717) is 16.3 Å². The molecule has 4 aromatic heterocycles. The molecule has 0 aliphatic carbocycles. The normalized spacial score (nSPS) is 12.6. The van der Waals surface area contributed by atoms with Crippen molar-refractivity contribution >= 4 is 73.5 Å². The summed E-state index contributed by atoms with van der Waals surface area (Å²) in [7, 11) is 0. The first-order valence-corrected chi connectivity index (χ1v) is 22.2. The monoisotopic (exact) mass is 1000 g/mol. The van der Waals surface area contributed by atoms with Gasteiger partial charge in [0.1, 0.15) is 0 Å². The van der Waals surface area contributed by atoms with Gasteiger partial charge in [0.2, 0.25) is 11.6 Å². The second kappa shape index (κ2) is 17.0. The number of carbonyl (C=O) groups excluding carboxylic acids is 2. The number of nitrogens with zero attached hydrogens (tertiary/aromatic N) is 2. The topological polar surface area (TPSA) is 97.6 Å². The number of fused-ring (bicyclic) bond motifs is 9. The number of carbonyl (C=O) groups is 2. The van der Waals surface area contributed by atoms with Crippen molar-refractivity contribution in [1.29, 1.82) is 0 Å². The number of anilines is 1. The Balaban J connectivity index is 1.12. The minimum Gasteiger partial charge on any atom is -0.354 e. The number of imide groups is 1. The Hall–Kier alpha value is -9.69. The standard InChI is InChI=1S/C57H25F10N5O2/c58-46-44(47(59)51(63)54(66)50(46)62)42-36-18-16-32(68-36)33-17-19-37(69-33)43(45-48(60)52(64)55(67)53(65)49(45)61)39-23-21-35(71-39)40(34-20-22-38(42)70-34)27-8-4-9-28(24-27)72-56(73)30-11-5-10-29-26(13-12-25-6-2-1-3-7-25)14-15-31(41(29)30)57(72)74/h1-11,14-24,68-70H. The molecule has 10 aromatic rings. The van der Waals surface area contributed by atoms with Crippen LogP contribution >= 0.6 is 0 Å². The highest BCUT2D eigenvalue weighted by atomic mass is 19.2. The molecular formula is C57H25F10N5O2. The van der Waals surface area contributed by atoms with Gasteiger partial charge in [-0.25, -0.2) is 53.8 Å². The molecule has 17 heteroatoms. The maximum atomic E-state index is 15.9. The molecule has 6 heterocycles. The average Bonchev–Trinajstić information content (AvgIpc) is 4.29. The first kappa shape index (κ1) is 45.4. The lowest BCUT2D eigenvalue weighted by molar-refractivity contribution is 0.0893. The van der Waals surface area contributed by atoms with Crippen molar-refractivity contribution < 1.29 is 53.5 Å². The summed E-state index contributed by atoms with van der Waals surface area (Å²) in [5.74, 6) is -17.7. The van der Waals surface area contributed by atoms with Crippen molar-refractivity contribution in [1.82, 2.24) is 19.9 Å². The van der Waals surface area contributed by atoms with E-state index in [1.807, 2.05) is 30.3 Å². The minimum atomic E-state index is -2.41. The molecule has 0 saturated carbocycles. The summed E-state index contributed by atoms with van der Waals surface area (Å²) in [6.07, 6.45) is 2.56. The molecule has 74 heavy (non-hydrogen) atoms. The van der Waals surface area contributed by atoms with Crippen LogP contribution in [-0.2, 0) is 0 Å². The van der Waals surface area contributed by atoms with Gasteiger partial charge in [0.05, 0.1) is 39.2 Å². The molecule has 8 bridgehead atoms. The number of rotatable bonds is 4. The molecule has 0 fully saturated rings. The van der Waals surface area contributed by atoms with Gasteiger partial charge in [0.25, 0.3) is 11.8 Å². The van der Waals surface area contributed by atoms with Crippen LogP contribution < -0.4 is 4.90 Å². The fourth-order valence-electron chi connectivity index (χ4n) is 9.53. The van der Waals surface area contributed by atoms with Gasteiger partial charge in [-0.1, -0.05) is 54.3 Å². The summed E-state index contributed by atoms with van der Waals surface area (Å²) in [5, 5.41) is 0.934. The molecule has 7 nitrogen and oxygen atoms in total. The number of aromatic amines is 3. The van der Waals surface area contributed by atoms with Crippen LogP contribution in [0.25, 0.3) is 89.4 Å². The zero-order valence-corrected chi connectivity index (χ0v) is 37.2. The molecule has 360 valence electrons. The zero-order chi connectivity index (χ0) is 51.4. The average molecular weight is 1000 g/mol. The highest BCUT2D eigenvalue weighted by Crippen LogP contribution is 2.42. The van der Waals surface area contributed by atoms with E-state index in [1.54, 1.807) is 30.3 Å². The lowest BCUT2D eigenvalue weighted by Gasteiger charge is -2.28. The van der Waals surface area contributed by atoms with Gasteiger partial charge in [0.15, 0.2) is 46.5 Å². The predicted molar refractivity (Wildman–Crippen MR) is 259 cm³/mol. The summed E-state index contributed by atoms with van der Waals surface area (Å²) in [5.41, 5.74) is -2.87. The van der Waals surface area contributed by atoms with Gasteiger partial charge in [-0.2, -0.15) is 0 Å². The van der Waals surface area contributed by atoms with E-state index in [4.69, 9.17) is 0 Å². The van der Waals surface area contributed by atoms with Crippen LogP contribution in [0, 0.1) is 70.0 Å². The van der Waals surface area contributed by atoms with E-state index in [9.17, 15) is 18.4 Å². The number of nitrogens with one attached hydrogen (secondary N) is 3. The van der Waals surface area contributed by atoms with E-state index in [2.05, 4.69) is 31.8 Å². The Morgan fingerprint density at radius 1 is 0.405 bits per heavy atom. The number of aromatic nitrogens is 4. The van der Waals surface area contributed by atoms with Crippen LogP contribution in [-0.4, -0.2) is 31.8 Å². The fourth-order valence-corrected chi connectivity index (χ4v) is 9.53. The summed E-state index contributed by atoms with van der Waals surface area (Å²) in [4.78, 5) is 43.5. The first-order chi connectivity index (χ1) is 35.7. The van der Waals surface area contributed by atoms with Crippen LogP contribution in [0.4, 0.5) is 49.6 Å². The molecule has 3 N–H and O–H groups in total. The second-order valence-corrected chi connectivity index (χ2v) is 17.1. The van der Waals surface area contributed by atoms with Crippen molar-refractivity contribution in [3.63, 3.8) is 0 Å². The molecule has 2 aliphatic heterocycles. The van der Waals surface area contributed by atoms with E-state index in [-0.39, 0.29) is 72.4 Å². The third-order valence-electron chi connectivity index (χ3n) is 12.9. The molecule has 0 unspecified atom stereocenters. The Labute approximate surface area is 409 Å². The molecule has 6 aromatic carbocycles. The Morgan fingerprint density at radius 3 is 1.47 bits per heavy atom. The predicted octanol–water partition coefficient (Wildman–Crippen LogP) is 14.4. The first-order valence-electron chi connectivity index (χ1n) is 22.2. The minimum absolute atomic E-state index is 0.0136. The maximum Gasteiger partial charge on any atom is 0.265 e. The largest absolute Gasteiger partial charge is 0.354 e.